The van der Waals surface area contributed by atoms with Gasteiger partial charge in [0.1, 0.15) is 0 Å². The summed E-state index contributed by atoms with van der Waals surface area (Å²) in [6.45, 7) is 1.13. The van der Waals surface area contributed by atoms with Crippen LogP contribution in [0.3, 0.4) is 0 Å². The Labute approximate surface area is 113 Å². The van der Waals surface area contributed by atoms with Crippen LogP contribution in [0.1, 0.15) is 6.92 Å². The van der Waals surface area contributed by atoms with Gasteiger partial charge in [-0.25, -0.2) is 0 Å². The Morgan fingerprint density at radius 2 is 2.20 bits per heavy atom. The van der Waals surface area contributed by atoms with E-state index in [4.69, 9.17) is 5.21 Å². The molecule has 0 aliphatic heterocycles. The molecule has 1 heterocycles. The van der Waals surface area contributed by atoms with Gasteiger partial charge in [0.05, 0.1) is 0 Å². The first kappa shape index (κ1) is 13.4. The van der Waals surface area contributed by atoms with Gasteiger partial charge in [-0.2, -0.15) is 4.98 Å². The van der Waals surface area contributed by atoms with E-state index in [0.717, 1.165) is 6.92 Å². The van der Waals surface area contributed by atoms with E-state index >= 15 is 0 Å². The number of benzene rings is 1. The predicted octanol–water partition coefficient (Wildman–Crippen LogP) is 1.09. The Morgan fingerprint density at radius 1 is 1.40 bits per heavy atom. The maximum Gasteiger partial charge on any atom is 0.281 e. The highest BCUT2D eigenvalue weighted by molar-refractivity contribution is 6.67. The average molecular weight is 274 g/mol. The van der Waals surface area contributed by atoms with Gasteiger partial charge in [-0.3, -0.25) is 9.59 Å². The molecule has 0 unspecified atom stereocenters. The van der Waals surface area contributed by atoms with E-state index in [1.807, 2.05) is 0 Å². The lowest BCUT2D eigenvalue weighted by Gasteiger charge is -2.05. The van der Waals surface area contributed by atoms with Crippen LogP contribution in [0.4, 0.5) is 5.69 Å². The van der Waals surface area contributed by atoms with Gasteiger partial charge in [0.15, 0.2) is 5.78 Å². The van der Waals surface area contributed by atoms with Crippen molar-refractivity contribution in [3.8, 4) is 11.4 Å². The molecular weight excluding hydrogens is 264 g/mol. The van der Waals surface area contributed by atoms with Crippen molar-refractivity contribution in [1.82, 2.24) is 10.1 Å². The van der Waals surface area contributed by atoms with Gasteiger partial charge in [0.2, 0.25) is 17.9 Å². The van der Waals surface area contributed by atoms with Crippen molar-refractivity contribution in [3.63, 3.8) is 0 Å². The van der Waals surface area contributed by atoms with Gasteiger partial charge in [0, 0.05) is 18.2 Å². The first-order valence-electron chi connectivity index (χ1n) is 5.53. The first-order chi connectivity index (χ1) is 9.61. The lowest BCUT2D eigenvalue weighted by Crippen LogP contribution is -2.28. The monoisotopic (exact) mass is 274 g/mol. The Hall–Kier alpha value is -3.03. The van der Waals surface area contributed by atoms with E-state index in [9.17, 15) is 9.59 Å². The minimum absolute atomic E-state index is 0.365. The van der Waals surface area contributed by atoms with Crippen molar-refractivity contribution in [3.05, 3.63) is 30.7 Å². The molecule has 2 N–H and O–H groups in total. The number of Topliss-reactive ketones (excluding diaryl/α,β-unsaturated/α-hetero) is 1. The molecule has 1 aromatic carbocycles. The number of hydrogen-bond donors (Lipinski definition) is 2. The molecule has 0 aliphatic carbocycles. The molecule has 0 saturated heterocycles. The summed E-state index contributed by atoms with van der Waals surface area (Å²) in [6.07, 6.45) is 1.19. The fraction of sp³-hybridized carbons (Fsp3) is 0.0833. The summed E-state index contributed by atoms with van der Waals surface area (Å²) in [5.74, 6) is -1.08. The normalized spacial score (nSPS) is 11.2. The maximum absolute atomic E-state index is 11.7. The number of nitrogens with one attached hydrogen (secondary N) is 1. The van der Waals surface area contributed by atoms with E-state index in [0.29, 0.717) is 17.1 Å². The number of oxime groups is 1. The summed E-state index contributed by atoms with van der Waals surface area (Å²) in [5, 5.41) is 17.4. The Bertz CT molecular complexity index is 664. The number of rotatable bonds is 4. The minimum Gasteiger partial charge on any atom is -0.410 e. The van der Waals surface area contributed by atoms with Crippen molar-refractivity contribution in [2.45, 2.75) is 6.92 Å². The second kappa shape index (κ2) is 5.74. The third-order valence-corrected chi connectivity index (χ3v) is 2.39. The van der Waals surface area contributed by atoms with Crippen LogP contribution >= 0.6 is 0 Å². The zero-order valence-electron chi connectivity index (χ0n) is 10.4. The topological polar surface area (TPSA) is 118 Å². The van der Waals surface area contributed by atoms with Gasteiger partial charge >= 0.3 is 0 Å². The molecule has 1 amide bonds. The molecule has 102 valence electrons. The van der Waals surface area contributed by atoms with Crippen molar-refractivity contribution < 1.29 is 19.3 Å². The zero-order valence-corrected chi connectivity index (χ0v) is 10.4. The van der Waals surface area contributed by atoms with E-state index in [1.165, 1.54) is 6.39 Å². The van der Waals surface area contributed by atoms with Gasteiger partial charge in [0.25, 0.3) is 5.91 Å². The molecule has 0 atom stereocenters. The molecule has 0 fully saturated rings. The molecule has 2 rings (SSSR count). The Morgan fingerprint density at radius 3 is 2.80 bits per heavy atom. The largest absolute Gasteiger partial charge is 0.410 e. The van der Waals surface area contributed by atoms with Crippen molar-refractivity contribution in [1.29, 1.82) is 0 Å². The third-order valence-electron chi connectivity index (χ3n) is 2.39. The summed E-state index contributed by atoms with van der Waals surface area (Å²) in [4.78, 5) is 26.7. The standard InChI is InChI=1S/C12H10N4O4/c1-7(17)10(15-19)12(18)14-9-4-2-3-8(5-9)11-13-6-20-16-11/h2-6,19H,1H3,(H,14,18)/b15-10-. The van der Waals surface area contributed by atoms with Gasteiger partial charge in [-0.05, 0) is 12.1 Å². The van der Waals surface area contributed by atoms with Gasteiger partial charge in [-0.1, -0.05) is 22.4 Å². The lowest BCUT2D eigenvalue weighted by molar-refractivity contribution is -0.114. The number of amides is 1. The smallest absolute Gasteiger partial charge is 0.281 e. The highest BCUT2D eigenvalue weighted by atomic mass is 16.5. The molecule has 0 saturated carbocycles. The second-order valence-electron chi connectivity index (χ2n) is 3.79. The number of carbonyl (C=O) groups is 2. The molecule has 20 heavy (non-hydrogen) atoms. The predicted molar refractivity (Wildman–Crippen MR) is 68.3 cm³/mol. The molecule has 0 radical (unpaired) electrons. The van der Waals surface area contributed by atoms with Crippen LogP contribution in [0.15, 0.2) is 40.3 Å². The Balaban J connectivity index is 2.21. The van der Waals surface area contributed by atoms with Crippen molar-refractivity contribution in [2.75, 3.05) is 5.32 Å². The van der Waals surface area contributed by atoms with E-state index in [1.54, 1.807) is 24.3 Å². The van der Waals surface area contributed by atoms with Gasteiger partial charge in [-0.15, -0.1) is 0 Å². The van der Waals surface area contributed by atoms with Crippen molar-refractivity contribution >= 4 is 23.1 Å². The van der Waals surface area contributed by atoms with Crippen LogP contribution in [0.5, 0.6) is 0 Å². The highest BCUT2D eigenvalue weighted by Crippen LogP contribution is 2.19. The van der Waals surface area contributed by atoms with E-state index < -0.39 is 17.4 Å². The minimum atomic E-state index is -0.801. The van der Waals surface area contributed by atoms with Crippen LogP contribution in [-0.4, -0.2) is 32.8 Å². The number of nitrogens with zero attached hydrogens (tertiary/aromatic N) is 3. The van der Waals surface area contributed by atoms with Gasteiger partial charge < -0.3 is 15.0 Å². The quantitative estimate of drug-likeness (QED) is 0.373. The Kier molecular flexibility index (Phi) is 3.85. The molecule has 0 spiro atoms. The fourth-order valence-corrected chi connectivity index (χ4v) is 1.50. The molecule has 0 bridgehead atoms. The summed E-state index contributed by atoms with van der Waals surface area (Å²) < 4.78 is 4.63. The summed E-state index contributed by atoms with van der Waals surface area (Å²) in [5.41, 5.74) is 0.455. The number of carbonyl (C=O) groups excluding carboxylic acids is 2. The van der Waals surface area contributed by atoms with E-state index in [2.05, 4.69) is 25.1 Å². The SMILES string of the molecule is CC(=O)/C(=N/O)C(=O)Nc1cccc(-c2ncon2)c1. The number of hydrogen-bond acceptors (Lipinski definition) is 7. The number of ketones is 1. The molecule has 1 aromatic heterocycles. The van der Waals surface area contributed by atoms with Crippen LogP contribution in [0, 0.1) is 0 Å². The van der Waals surface area contributed by atoms with E-state index in [-0.39, 0.29) is 0 Å². The first-order valence-corrected chi connectivity index (χ1v) is 5.53. The maximum atomic E-state index is 11.7. The highest BCUT2D eigenvalue weighted by Gasteiger charge is 2.17. The lowest BCUT2D eigenvalue weighted by atomic mass is 10.2. The summed E-state index contributed by atoms with van der Waals surface area (Å²) in [7, 11) is 0. The second-order valence-corrected chi connectivity index (χ2v) is 3.79. The molecular formula is C12H10N4O4. The summed E-state index contributed by atoms with van der Waals surface area (Å²) >= 11 is 0. The molecule has 2 aromatic rings. The number of anilines is 1. The van der Waals surface area contributed by atoms with Crippen LogP contribution in [0.2, 0.25) is 0 Å². The van der Waals surface area contributed by atoms with Crippen molar-refractivity contribution in [2.24, 2.45) is 5.16 Å². The molecule has 8 heteroatoms. The zero-order chi connectivity index (χ0) is 14.5. The number of aromatic nitrogens is 2. The van der Waals surface area contributed by atoms with Crippen LogP contribution < -0.4 is 5.32 Å². The molecule has 8 nitrogen and oxygen atoms in total. The van der Waals surface area contributed by atoms with Crippen LogP contribution in [0.25, 0.3) is 11.4 Å². The molecule has 0 aliphatic rings. The fourth-order valence-electron chi connectivity index (χ4n) is 1.50. The summed E-state index contributed by atoms with van der Waals surface area (Å²) in [6, 6.07) is 6.60. The third kappa shape index (κ3) is 2.86. The van der Waals surface area contributed by atoms with Crippen LogP contribution in [-0.2, 0) is 9.59 Å². The average Bonchev–Trinajstić information content (AvgIpc) is 2.93.